The monoisotopic (exact) mass is 221 g/mol. The summed E-state index contributed by atoms with van der Waals surface area (Å²) in [5.74, 6) is 0. The summed E-state index contributed by atoms with van der Waals surface area (Å²) >= 11 is 0. The number of benzene rings is 1. The van der Waals surface area contributed by atoms with Gasteiger partial charge < -0.3 is 15.2 Å². The third-order valence-corrected chi connectivity index (χ3v) is 3.09. The molecule has 1 aliphatic rings. The molecule has 1 fully saturated rings. The third kappa shape index (κ3) is 2.61. The van der Waals surface area contributed by atoms with E-state index < -0.39 is 0 Å². The molecule has 0 bridgehead atoms. The number of hydrogen-bond acceptors (Lipinski definition) is 3. The number of ether oxygens (including phenoxy) is 1. The molecule has 1 aromatic carbocycles. The van der Waals surface area contributed by atoms with Crippen molar-refractivity contribution in [3.63, 3.8) is 0 Å². The van der Waals surface area contributed by atoms with Crippen molar-refractivity contribution in [3.8, 4) is 0 Å². The summed E-state index contributed by atoms with van der Waals surface area (Å²) in [5, 5.41) is 12.9. The van der Waals surface area contributed by atoms with Gasteiger partial charge in [-0.15, -0.1) is 0 Å². The Morgan fingerprint density at radius 1 is 1.38 bits per heavy atom. The van der Waals surface area contributed by atoms with Gasteiger partial charge in [0.1, 0.15) is 0 Å². The molecule has 3 heteroatoms. The fourth-order valence-corrected chi connectivity index (χ4v) is 2.07. The molecule has 16 heavy (non-hydrogen) atoms. The molecule has 0 radical (unpaired) electrons. The molecule has 88 valence electrons. The fourth-order valence-electron chi connectivity index (χ4n) is 2.07. The lowest BCUT2D eigenvalue weighted by Crippen LogP contribution is -2.58. The Kier molecular flexibility index (Phi) is 3.59. The van der Waals surface area contributed by atoms with Gasteiger partial charge in [-0.1, -0.05) is 29.8 Å². The first-order valence-electron chi connectivity index (χ1n) is 5.73. The maximum Gasteiger partial charge on any atom is 0.0692 e. The molecule has 1 aromatic rings. The van der Waals surface area contributed by atoms with Gasteiger partial charge in [0.05, 0.1) is 25.4 Å². The van der Waals surface area contributed by atoms with E-state index in [-0.39, 0.29) is 12.1 Å². The number of hydrogen-bond donors (Lipinski definition) is 2. The molecule has 1 aliphatic heterocycles. The number of aryl methyl sites for hydroxylation is 1. The molecular weight excluding hydrogens is 202 g/mol. The highest BCUT2D eigenvalue weighted by molar-refractivity contribution is 5.23. The predicted octanol–water partition coefficient (Wildman–Crippen LogP) is 0.888. The van der Waals surface area contributed by atoms with Gasteiger partial charge in [0.15, 0.2) is 0 Å². The van der Waals surface area contributed by atoms with Crippen LogP contribution in [0.25, 0.3) is 0 Å². The number of aliphatic hydroxyl groups excluding tert-OH is 1. The first kappa shape index (κ1) is 11.6. The van der Waals surface area contributed by atoms with Gasteiger partial charge in [0, 0.05) is 6.54 Å². The first-order chi connectivity index (χ1) is 7.74. The number of rotatable bonds is 3. The zero-order chi connectivity index (χ0) is 11.4. The van der Waals surface area contributed by atoms with Gasteiger partial charge in [-0.3, -0.25) is 0 Å². The van der Waals surface area contributed by atoms with Gasteiger partial charge in [0.25, 0.3) is 0 Å². The van der Waals surface area contributed by atoms with E-state index in [1.54, 1.807) is 0 Å². The number of morpholine rings is 1. The summed E-state index contributed by atoms with van der Waals surface area (Å²) < 4.78 is 5.45. The first-order valence-corrected chi connectivity index (χ1v) is 5.73. The zero-order valence-corrected chi connectivity index (χ0v) is 9.70. The van der Waals surface area contributed by atoms with Gasteiger partial charge in [0.2, 0.25) is 0 Å². The molecule has 1 atom stereocenters. The van der Waals surface area contributed by atoms with Crippen LogP contribution in [0.15, 0.2) is 24.3 Å². The van der Waals surface area contributed by atoms with Crippen LogP contribution in [0.5, 0.6) is 0 Å². The second-order valence-corrected chi connectivity index (χ2v) is 4.58. The van der Waals surface area contributed by atoms with Crippen LogP contribution < -0.4 is 5.32 Å². The zero-order valence-electron chi connectivity index (χ0n) is 9.70. The third-order valence-electron chi connectivity index (χ3n) is 3.09. The van der Waals surface area contributed by atoms with Crippen LogP contribution >= 0.6 is 0 Å². The summed E-state index contributed by atoms with van der Waals surface area (Å²) in [6.45, 7) is 4.31. The molecule has 1 saturated heterocycles. The summed E-state index contributed by atoms with van der Waals surface area (Å²) in [5.41, 5.74) is 2.19. The minimum absolute atomic E-state index is 0.112. The molecule has 2 N–H and O–H groups in total. The van der Waals surface area contributed by atoms with Crippen molar-refractivity contribution in [2.75, 3.05) is 26.4 Å². The number of nitrogens with one attached hydrogen (secondary N) is 1. The molecule has 3 nitrogen and oxygen atoms in total. The van der Waals surface area contributed by atoms with E-state index >= 15 is 0 Å². The Hall–Kier alpha value is -0.900. The topological polar surface area (TPSA) is 41.5 Å². The highest BCUT2D eigenvalue weighted by Gasteiger charge is 2.31. The molecule has 0 amide bonds. The molecule has 0 aromatic heterocycles. The SMILES string of the molecule is Cc1ccc(CC2(CO)COCCN2)cc1. The van der Waals surface area contributed by atoms with E-state index in [4.69, 9.17) is 4.74 Å². The van der Waals surface area contributed by atoms with Crippen molar-refractivity contribution in [3.05, 3.63) is 35.4 Å². The Labute approximate surface area is 96.4 Å². The Bertz CT molecular complexity index is 328. The smallest absolute Gasteiger partial charge is 0.0692 e. The Morgan fingerprint density at radius 2 is 2.12 bits per heavy atom. The standard InChI is InChI=1S/C13H19NO2/c1-11-2-4-12(5-3-11)8-13(9-15)10-16-7-6-14-13/h2-5,14-15H,6-10H2,1H3. The van der Waals surface area contributed by atoms with Crippen LogP contribution in [0.4, 0.5) is 0 Å². The minimum Gasteiger partial charge on any atom is -0.394 e. The van der Waals surface area contributed by atoms with E-state index in [1.807, 2.05) is 0 Å². The van der Waals surface area contributed by atoms with Gasteiger partial charge in [-0.25, -0.2) is 0 Å². The molecule has 0 aliphatic carbocycles. The van der Waals surface area contributed by atoms with Crippen LogP contribution in [0, 0.1) is 6.92 Å². The molecule has 2 rings (SSSR count). The van der Waals surface area contributed by atoms with Crippen LogP contribution in [0.2, 0.25) is 0 Å². The predicted molar refractivity (Wildman–Crippen MR) is 63.5 cm³/mol. The van der Waals surface area contributed by atoms with E-state index in [1.165, 1.54) is 11.1 Å². The summed E-state index contributed by atoms with van der Waals surface area (Å²) in [4.78, 5) is 0. The van der Waals surface area contributed by atoms with Crippen molar-refractivity contribution >= 4 is 0 Å². The van der Waals surface area contributed by atoms with Crippen LogP contribution in [-0.4, -0.2) is 37.0 Å². The average molecular weight is 221 g/mol. The summed E-state index contributed by atoms with van der Waals surface area (Å²) in [7, 11) is 0. The Balaban J connectivity index is 2.08. The van der Waals surface area contributed by atoms with Crippen molar-refractivity contribution in [2.24, 2.45) is 0 Å². The van der Waals surface area contributed by atoms with Crippen molar-refractivity contribution in [1.82, 2.24) is 5.32 Å². The average Bonchev–Trinajstić information content (AvgIpc) is 2.33. The second kappa shape index (κ2) is 4.95. The van der Waals surface area contributed by atoms with Crippen molar-refractivity contribution < 1.29 is 9.84 Å². The largest absolute Gasteiger partial charge is 0.394 e. The van der Waals surface area contributed by atoms with Crippen LogP contribution in [-0.2, 0) is 11.2 Å². The number of aliphatic hydroxyl groups is 1. The van der Waals surface area contributed by atoms with Gasteiger partial charge >= 0.3 is 0 Å². The fraction of sp³-hybridized carbons (Fsp3) is 0.538. The lowest BCUT2D eigenvalue weighted by molar-refractivity contribution is -0.000718. The molecule has 0 spiro atoms. The summed E-state index contributed by atoms with van der Waals surface area (Å²) in [6.07, 6.45) is 0.809. The molecule has 0 saturated carbocycles. The van der Waals surface area contributed by atoms with Crippen molar-refractivity contribution in [1.29, 1.82) is 0 Å². The normalized spacial score (nSPS) is 25.6. The van der Waals surface area contributed by atoms with E-state index in [2.05, 4.69) is 36.5 Å². The molecular formula is C13H19NO2. The van der Waals surface area contributed by atoms with Gasteiger partial charge in [-0.05, 0) is 18.9 Å². The van der Waals surface area contributed by atoms with Crippen LogP contribution in [0.3, 0.4) is 0 Å². The lowest BCUT2D eigenvalue weighted by atomic mass is 9.91. The van der Waals surface area contributed by atoms with E-state index in [9.17, 15) is 5.11 Å². The molecule has 1 heterocycles. The van der Waals surface area contributed by atoms with E-state index in [0.29, 0.717) is 6.61 Å². The lowest BCUT2D eigenvalue weighted by Gasteiger charge is -2.36. The van der Waals surface area contributed by atoms with Crippen LogP contribution in [0.1, 0.15) is 11.1 Å². The highest BCUT2D eigenvalue weighted by atomic mass is 16.5. The maximum atomic E-state index is 9.51. The van der Waals surface area contributed by atoms with Crippen molar-refractivity contribution in [2.45, 2.75) is 18.9 Å². The quantitative estimate of drug-likeness (QED) is 0.796. The minimum atomic E-state index is -0.298. The second-order valence-electron chi connectivity index (χ2n) is 4.58. The summed E-state index contributed by atoms with van der Waals surface area (Å²) in [6, 6.07) is 8.43. The van der Waals surface area contributed by atoms with Gasteiger partial charge in [-0.2, -0.15) is 0 Å². The Morgan fingerprint density at radius 3 is 2.69 bits per heavy atom. The molecule has 1 unspecified atom stereocenters. The highest BCUT2D eigenvalue weighted by Crippen LogP contribution is 2.16. The van der Waals surface area contributed by atoms with E-state index in [0.717, 1.165) is 19.6 Å². The maximum absolute atomic E-state index is 9.51.